The Morgan fingerprint density at radius 1 is 0.811 bits per heavy atom. The highest BCUT2D eigenvalue weighted by molar-refractivity contribution is 5.77. The van der Waals surface area contributed by atoms with E-state index in [0.29, 0.717) is 11.5 Å². The summed E-state index contributed by atoms with van der Waals surface area (Å²) in [6.07, 6.45) is 10.9. The maximum atomic E-state index is 11.2. The number of aryl methyl sites for hydroxylation is 2. The van der Waals surface area contributed by atoms with Gasteiger partial charge in [-0.2, -0.15) is 10.2 Å². The third-order valence-electron chi connectivity index (χ3n) is 7.10. The molecule has 37 heavy (non-hydrogen) atoms. The Bertz CT molecular complexity index is 1530. The van der Waals surface area contributed by atoms with Gasteiger partial charge in [-0.05, 0) is 25.5 Å². The fraction of sp³-hybridized carbons (Fsp3) is 0.296. The minimum absolute atomic E-state index is 0.664. The lowest BCUT2D eigenvalue weighted by atomic mass is 9.90. The zero-order valence-corrected chi connectivity index (χ0v) is 21.2. The van der Waals surface area contributed by atoms with Gasteiger partial charge < -0.3 is 14.9 Å². The molecular formula is C27H29N9O. The molecule has 0 spiro atoms. The van der Waals surface area contributed by atoms with Gasteiger partial charge in [-0.3, -0.25) is 4.68 Å². The zero-order chi connectivity index (χ0) is 25.6. The summed E-state index contributed by atoms with van der Waals surface area (Å²) in [6, 6.07) is 9.99. The van der Waals surface area contributed by atoms with E-state index in [1.54, 1.807) is 30.3 Å². The Morgan fingerprint density at radius 2 is 1.51 bits per heavy atom. The lowest BCUT2D eigenvalue weighted by molar-refractivity contribution is 0.101. The first kappa shape index (κ1) is 23.1. The van der Waals surface area contributed by atoms with Crippen LogP contribution in [0.1, 0.15) is 23.6 Å². The number of benzene rings is 1. The van der Waals surface area contributed by atoms with Gasteiger partial charge in [0, 0.05) is 74.7 Å². The number of fused-ring (bicyclic) bond motifs is 1. The number of aromatic nitrogens is 7. The monoisotopic (exact) mass is 495 g/mol. The highest BCUT2D eigenvalue weighted by Gasteiger charge is 2.28. The van der Waals surface area contributed by atoms with Gasteiger partial charge in [0.25, 0.3) is 0 Å². The van der Waals surface area contributed by atoms with Gasteiger partial charge in [-0.1, -0.05) is 29.8 Å². The molecule has 1 saturated heterocycles. The van der Waals surface area contributed by atoms with Crippen LogP contribution in [-0.2, 0) is 12.6 Å². The summed E-state index contributed by atoms with van der Waals surface area (Å²) in [7, 11) is 1.91. The standard InChI is InChI=1S/C27H29N9O/c1-19-4-6-22(7-5-19)27(2,37)23-14-28-26(29-15-23)35-10-8-34(9-11-35)25-24-12-20(17-36(24)32-18-30-25)21-13-31-33(3)16-21/h4-7,12-18,37H,8-11H2,1-3H3/t27-/m1/s1. The number of piperazine rings is 1. The molecular weight excluding hydrogens is 466 g/mol. The molecule has 0 saturated carbocycles. The van der Waals surface area contributed by atoms with Crippen molar-refractivity contribution in [2.75, 3.05) is 36.0 Å². The molecule has 0 unspecified atom stereocenters. The van der Waals surface area contributed by atoms with E-state index in [0.717, 1.165) is 59.8 Å². The fourth-order valence-corrected chi connectivity index (χ4v) is 4.79. The van der Waals surface area contributed by atoms with Crippen molar-refractivity contribution in [3.05, 3.63) is 84.3 Å². The van der Waals surface area contributed by atoms with Crippen molar-refractivity contribution in [3.8, 4) is 11.1 Å². The number of hydrogen-bond donors (Lipinski definition) is 1. The maximum Gasteiger partial charge on any atom is 0.225 e. The number of nitrogens with zero attached hydrogens (tertiary/aromatic N) is 9. The average molecular weight is 496 g/mol. The molecule has 0 amide bonds. The lowest BCUT2D eigenvalue weighted by Gasteiger charge is -2.35. The Kier molecular flexibility index (Phi) is 5.60. The van der Waals surface area contributed by atoms with Gasteiger partial charge in [0.2, 0.25) is 5.95 Å². The van der Waals surface area contributed by atoms with E-state index in [1.807, 2.05) is 61.3 Å². The Labute approximate surface area is 214 Å². The summed E-state index contributed by atoms with van der Waals surface area (Å²) >= 11 is 0. The van der Waals surface area contributed by atoms with E-state index >= 15 is 0 Å². The van der Waals surface area contributed by atoms with Crippen LogP contribution >= 0.6 is 0 Å². The molecule has 5 aromatic rings. The summed E-state index contributed by atoms with van der Waals surface area (Å²) in [4.78, 5) is 18.2. The number of rotatable bonds is 5. The second-order valence-electron chi connectivity index (χ2n) is 9.73. The Hall–Kier alpha value is -4.31. The predicted octanol–water partition coefficient (Wildman–Crippen LogP) is 2.81. The molecule has 0 radical (unpaired) electrons. The van der Waals surface area contributed by atoms with E-state index in [1.165, 1.54) is 0 Å². The first-order chi connectivity index (χ1) is 17.9. The summed E-state index contributed by atoms with van der Waals surface area (Å²) in [5.74, 6) is 1.58. The minimum Gasteiger partial charge on any atom is -0.381 e. The minimum atomic E-state index is -1.16. The van der Waals surface area contributed by atoms with Crippen LogP contribution in [0.2, 0.25) is 0 Å². The molecule has 10 heteroatoms. The second kappa shape index (κ2) is 8.97. The van der Waals surface area contributed by atoms with E-state index in [-0.39, 0.29) is 0 Å². The quantitative estimate of drug-likeness (QED) is 0.397. The zero-order valence-electron chi connectivity index (χ0n) is 21.2. The van der Waals surface area contributed by atoms with Crippen LogP contribution in [0.5, 0.6) is 0 Å². The molecule has 0 bridgehead atoms. The van der Waals surface area contributed by atoms with Crippen molar-refractivity contribution in [2.24, 2.45) is 7.05 Å². The van der Waals surface area contributed by atoms with Gasteiger partial charge >= 0.3 is 0 Å². The van der Waals surface area contributed by atoms with Gasteiger partial charge in [-0.25, -0.2) is 19.5 Å². The Morgan fingerprint density at radius 3 is 2.19 bits per heavy atom. The van der Waals surface area contributed by atoms with Crippen LogP contribution in [0.15, 0.2) is 67.6 Å². The van der Waals surface area contributed by atoms with Crippen molar-refractivity contribution in [2.45, 2.75) is 19.4 Å². The topological polar surface area (TPSA) is 101 Å². The van der Waals surface area contributed by atoms with E-state index in [4.69, 9.17) is 0 Å². The molecule has 1 aromatic carbocycles. The summed E-state index contributed by atoms with van der Waals surface area (Å²) in [5.41, 5.74) is 4.55. The van der Waals surface area contributed by atoms with Crippen LogP contribution in [0, 0.1) is 6.92 Å². The highest BCUT2D eigenvalue weighted by atomic mass is 16.3. The SMILES string of the molecule is Cc1ccc([C@@](C)(O)c2cnc(N3CCN(c4ncnn5cc(-c6cnn(C)c6)cc45)CC3)nc2)cc1. The van der Waals surface area contributed by atoms with Crippen LogP contribution in [-0.4, -0.2) is 65.6 Å². The second-order valence-corrected chi connectivity index (χ2v) is 9.73. The van der Waals surface area contributed by atoms with Crippen LogP contribution in [0.3, 0.4) is 0 Å². The first-order valence-electron chi connectivity index (χ1n) is 12.3. The molecule has 1 N–H and O–H groups in total. The molecule has 0 aliphatic carbocycles. The smallest absolute Gasteiger partial charge is 0.225 e. The summed E-state index contributed by atoms with van der Waals surface area (Å²) in [5, 5.41) is 19.8. The fourth-order valence-electron chi connectivity index (χ4n) is 4.79. The average Bonchev–Trinajstić information content (AvgIpc) is 3.55. The van der Waals surface area contributed by atoms with Crippen molar-refractivity contribution >= 4 is 17.3 Å². The lowest BCUT2D eigenvalue weighted by Crippen LogP contribution is -2.47. The van der Waals surface area contributed by atoms with Crippen LogP contribution in [0.25, 0.3) is 16.6 Å². The largest absolute Gasteiger partial charge is 0.381 e. The normalized spacial score (nSPS) is 15.8. The summed E-state index contributed by atoms with van der Waals surface area (Å²) in [6.45, 7) is 6.90. The van der Waals surface area contributed by atoms with E-state index < -0.39 is 5.60 Å². The number of aliphatic hydroxyl groups is 1. The van der Waals surface area contributed by atoms with Crippen molar-refractivity contribution in [1.29, 1.82) is 0 Å². The van der Waals surface area contributed by atoms with Gasteiger partial charge in [0.05, 0.1) is 6.20 Å². The molecule has 1 fully saturated rings. The molecule has 1 aliphatic rings. The molecule has 1 aliphatic heterocycles. The Balaban J connectivity index is 1.17. The van der Waals surface area contributed by atoms with Crippen LogP contribution < -0.4 is 9.80 Å². The molecule has 5 heterocycles. The van der Waals surface area contributed by atoms with Gasteiger partial charge in [-0.15, -0.1) is 0 Å². The molecule has 10 nitrogen and oxygen atoms in total. The van der Waals surface area contributed by atoms with Gasteiger partial charge in [0.1, 0.15) is 17.4 Å². The maximum absolute atomic E-state index is 11.2. The molecule has 4 aromatic heterocycles. The molecule has 6 rings (SSSR count). The molecule has 1 atom stereocenters. The van der Waals surface area contributed by atoms with E-state index in [9.17, 15) is 5.11 Å². The first-order valence-corrected chi connectivity index (χ1v) is 12.3. The summed E-state index contributed by atoms with van der Waals surface area (Å²) < 4.78 is 3.67. The highest BCUT2D eigenvalue weighted by Crippen LogP contribution is 2.30. The van der Waals surface area contributed by atoms with Gasteiger partial charge in [0.15, 0.2) is 5.82 Å². The number of hydrogen-bond acceptors (Lipinski definition) is 8. The van der Waals surface area contributed by atoms with Crippen molar-refractivity contribution in [1.82, 2.24) is 34.3 Å². The predicted molar refractivity (Wildman–Crippen MR) is 141 cm³/mol. The van der Waals surface area contributed by atoms with Crippen molar-refractivity contribution in [3.63, 3.8) is 0 Å². The van der Waals surface area contributed by atoms with Crippen molar-refractivity contribution < 1.29 is 5.11 Å². The molecule has 188 valence electrons. The number of anilines is 2. The third-order valence-corrected chi connectivity index (χ3v) is 7.10. The third kappa shape index (κ3) is 4.29. The van der Waals surface area contributed by atoms with Crippen LogP contribution in [0.4, 0.5) is 11.8 Å². The van der Waals surface area contributed by atoms with E-state index in [2.05, 4.69) is 41.0 Å².